The van der Waals surface area contributed by atoms with Gasteiger partial charge in [-0.2, -0.15) is 5.10 Å². The summed E-state index contributed by atoms with van der Waals surface area (Å²) in [5.41, 5.74) is 1.05. The molecule has 1 aromatic rings. The van der Waals surface area contributed by atoms with Gasteiger partial charge in [-0.1, -0.05) is 0 Å². The average Bonchev–Trinajstić information content (AvgIpc) is 2.76. The van der Waals surface area contributed by atoms with E-state index < -0.39 is 0 Å². The van der Waals surface area contributed by atoms with Gasteiger partial charge in [0.2, 0.25) is 0 Å². The molecule has 0 bridgehead atoms. The molecule has 1 atom stereocenters. The fraction of sp³-hybridized carbons (Fsp3) is 0.667. The minimum absolute atomic E-state index is 0.365. The molecule has 1 aromatic heterocycles. The van der Waals surface area contributed by atoms with E-state index in [4.69, 9.17) is 4.74 Å². The van der Waals surface area contributed by atoms with Crippen LogP contribution in [-0.2, 0) is 11.3 Å². The van der Waals surface area contributed by atoms with Crippen molar-refractivity contribution in [1.82, 2.24) is 9.78 Å². The molecule has 2 rings (SSSR count). The molecular formula is C9H15N3O. The highest BCUT2D eigenvalue weighted by Crippen LogP contribution is 2.14. The second kappa shape index (κ2) is 3.79. The molecular weight excluding hydrogens is 166 g/mol. The maximum absolute atomic E-state index is 5.52. The normalized spacial score (nSPS) is 22.1. The predicted molar refractivity (Wildman–Crippen MR) is 50.7 cm³/mol. The van der Waals surface area contributed by atoms with E-state index in [1.54, 1.807) is 0 Å². The van der Waals surface area contributed by atoms with Crippen LogP contribution in [0.5, 0.6) is 0 Å². The molecule has 1 saturated heterocycles. The lowest BCUT2D eigenvalue weighted by atomic mass is 10.2. The number of hydrogen-bond donors (Lipinski definition) is 1. The zero-order valence-electron chi connectivity index (χ0n) is 7.86. The Bertz CT molecular complexity index is 266. The maximum Gasteiger partial charge on any atom is 0.0771 e. The quantitative estimate of drug-likeness (QED) is 0.759. The van der Waals surface area contributed by atoms with Crippen molar-refractivity contribution in [3.05, 3.63) is 12.4 Å². The lowest BCUT2D eigenvalue weighted by Crippen LogP contribution is -2.15. The largest absolute Gasteiger partial charge is 0.386 e. The first kappa shape index (κ1) is 8.56. The molecule has 1 aliphatic rings. The molecule has 72 valence electrons. The smallest absolute Gasteiger partial charge is 0.0771 e. The van der Waals surface area contributed by atoms with Gasteiger partial charge in [-0.25, -0.2) is 0 Å². The molecule has 0 spiro atoms. The van der Waals surface area contributed by atoms with Gasteiger partial charge < -0.3 is 10.1 Å². The van der Waals surface area contributed by atoms with Crippen LogP contribution in [0.3, 0.4) is 0 Å². The zero-order valence-corrected chi connectivity index (χ0v) is 7.86. The fourth-order valence-corrected chi connectivity index (χ4v) is 1.59. The van der Waals surface area contributed by atoms with E-state index in [2.05, 4.69) is 10.4 Å². The summed E-state index contributed by atoms with van der Waals surface area (Å²) in [7, 11) is 1.90. The Kier molecular flexibility index (Phi) is 2.49. The van der Waals surface area contributed by atoms with E-state index in [0.29, 0.717) is 6.10 Å². The van der Waals surface area contributed by atoms with Crippen LogP contribution >= 0.6 is 0 Å². The number of nitrogens with zero attached hydrogens (tertiary/aromatic N) is 2. The average molecular weight is 181 g/mol. The predicted octanol–water partition coefficient (Wildman–Crippen LogP) is 1.10. The molecule has 13 heavy (non-hydrogen) atoms. The van der Waals surface area contributed by atoms with E-state index in [-0.39, 0.29) is 0 Å². The number of aromatic nitrogens is 2. The SMILES string of the molecule is CNc1cnn(CC2CCCO2)c1. The third kappa shape index (κ3) is 2.01. The molecule has 4 nitrogen and oxygen atoms in total. The summed E-state index contributed by atoms with van der Waals surface area (Å²) in [4.78, 5) is 0. The van der Waals surface area contributed by atoms with Gasteiger partial charge in [-0.05, 0) is 12.8 Å². The number of nitrogens with one attached hydrogen (secondary N) is 1. The molecule has 1 unspecified atom stereocenters. The molecule has 1 fully saturated rings. The molecule has 4 heteroatoms. The molecule has 0 aliphatic carbocycles. The van der Waals surface area contributed by atoms with Crippen LogP contribution in [0, 0.1) is 0 Å². The lowest BCUT2D eigenvalue weighted by Gasteiger charge is -2.08. The minimum atomic E-state index is 0.365. The van der Waals surface area contributed by atoms with Gasteiger partial charge >= 0.3 is 0 Å². The van der Waals surface area contributed by atoms with Crippen LogP contribution in [0.1, 0.15) is 12.8 Å². The van der Waals surface area contributed by atoms with E-state index in [1.165, 1.54) is 6.42 Å². The number of hydrogen-bond acceptors (Lipinski definition) is 3. The van der Waals surface area contributed by atoms with Crippen molar-refractivity contribution in [1.29, 1.82) is 0 Å². The Labute approximate surface area is 77.9 Å². The summed E-state index contributed by atoms with van der Waals surface area (Å²) in [6, 6.07) is 0. The van der Waals surface area contributed by atoms with E-state index in [0.717, 1.165) is 25.3 Å². The van der Waals surface area contributed by atoms with Crippen molar-refractivity contribution in [2.24, 2.45) is 0 Å². The Morgan fingerprint density at radius 1 is 1.77 bits per heavy atom. The van der Waals surface area contributed by atoms with Gasteiger partial charge in [0.25, 0.3) is 0 Å². The standard InChI is InChI=1S/C9H15N3O/c1-10-8-5-11-12(6-8)7-9-3-2-4-13-9/h5-6,9-10H,2-4,7H2,1H3. The summed E-state index contributed by atoms with van der Waals surface area (Å²) in [5.74, 6) is 0. The van der Waals surface area contributed by atoms with Crippen molar-refractivity contribution >= 4 is 5.69 Å². The topological polar surface area (TPSA) is 39.1 Å². The van der Waals surface area contributed by atoms with Gasteiger partial charge in [-0.15, -0.1) is 0 Å². The third-order valence-corrected chi connectivity index (χ3v) is 2.34. The maximum atomic E-state index is 5.52. The van der Waals surface area contributed by atoms with Crippen LogP contribution in [0.4, 0.5) is 5.69 Å². The fourth-order valence-electron chi connectivity index (χ4n) is 1.59. The van der Waals surface area contributed by atoms with E-state index >= 15 is 0 Å². The molecule has 0 saturated carbocycles. The molecule has 1 N–H and O–H groups in total. The van der Waals surface area contributed by atoms with Gasteiger partial charge in [0, 0.05) is 19.9 Å². The highest BCUT2D eigenvalue weighted by molar-refractivity contribution is 5.36. The van der Waals surface area contributed by atoms with Crippen molar-refractivity contribution in [3.8, 4) is 0 Å². The molecule has 1 aliphatic heterocycles. The second-order valence-electron chi connectivity index (χ2n) is 3.34. The molecule has 0 radical (unpaired) electrons. The lowest BCUT2D eigenvalue weighted by molar-refractivity contribution is 0.0940. The minimum Gasteiger partial charge on any atom is -0.386 e. The van der Waals surface area contributed by atoms with Gasteiger partial charge in [0.1, 0.15) is 0 Å². The van der Waals surface area contributed by atoms with Crippen molar-refractivity contribution in [2.45, 2.75) is 25.5 Å². The van der Waals surface area contributed by atoms with Gasteiger partial charge in [0.05, 0.1) is 24.5 Å². The summed E-state index contributed by atoms with van der Waals surface area (Å²) < 4.78 is 7.45. The van der Waals surface area contributed by atoms with Crippen molar-refractivity contribution in [3.63, 3.8) is 0 Å². The summed E-state index contributed by atoms with van der Waals surface area (Å²) in [6.45, 7) is 1.78. The molecule has 0 amide bonds. The van der Waals surface area contributed by atoms with Crippen molar-refractivity contribution in [2.75, 3.05) is 19.0 Å². The number of anilines is 1. The first-order valence-corrected chi connectivity index (χ1v) is 4.70. The van der Waals surface area contributed by atoms with Crippen LogP contribution < -0.4 is 5.32 Å². The molecule has 0 aromatic carbocycles. The van der Waals surface area contributed by atoms with Crippen LogP contribution in [0.2, 0.25) is 0 Å². The van der Waals surface area contributed by atoms with Crippen molar-refractivity contribution < 1.29 is 4.74 Å². The number of ether oxygens (including phenoxy) is 1. The third-order valence-electron chi connectivity index (χ3n) is 2.34. The Morgan fingerprint density at radius 2 is 2.69 bits per heavy atom. The van der Waals surface area contributed by atoms with Crippen LogP contribution in [0.15, 0.2) is 12.4 Å². The summed E-state index contributed by atoms with van der Waals surface area (Å²) in [6.07, 6.45) is 6.54. The zero-order chi connectivity index (χ0) is 9.10. The molecule has 2 heterocycles. The first-order chi connectivity index (χ1) is 6.38. The monoisotopic (exact) mass is 181 g/mol. The Hall–Kier alpha value is -1.03. The summed E-state index contributed by atoms with van der Waals surface area (Å²) in [5, 5.41) is 7.27. The highest BCUT2D eigenvalue weighted by atomic mass is 16.5. The Balaban J connectivity index is 1.92. The second-order valence-corrected chi connectivity index (χ2v) is 3.34. The first-order valence-electron chi connectivity index (χ1n) is 4.70. The van der Waals surface area contributed by atoms with E-state index in [1.807, 2.05) is 24.1 Å². The summed E-state index contributed by atoms with van der Waals surface area (Å²) >= 11 is 0. The highest BCUT2D eigenvalue weighted by Gasteiger charge is 2.15. The van der Waals surface area contributed by atoms with Gasteiger partial charge in [-0.3, -0.25) is 4.68 Å². The van der Waals surface area contributed by atoms with Crippen LogP contribution in [-0.4, -0.2) is 29.5 Å². The van der Waals surface area contributed by atoms with Gasteiger partial charge in [0.15, 0.2) is 0 Å². The number of rotatable bonds is 3. The van der Waals surface area contributed by atoms with E-state index in [9.17, 15) is 0 Å². The Morgan fingerprint density at radius 3 is 3.31 bits per heavy atom. The van der Waals surface area contributed by atoms with Crippen LogP contribution in [0.25, 0.3) is 0 Å².